The summed E-state index contributed by atoms with van der Waals surface area (Å²) in [5, 5.41) is 9.10. The topological polar surface area (TPSA) is 82.7 Å². The molecular formula is C26H27N5O2. The van der Waals surface area contributed by atoms with E-state index in [1.54, 1.807) is 24.4 Å². The van der Waals surface area contributed by atoms with Gasteiger partial charge in [-0.25, -0.2) is 0 Å². The molecular weight excluding hydrogens is 414 g/mol. The Labute approximate surface area is 193 Å². The van der Waals surface area contributed by atoms with Gasteiger partial charge in [0.2, 0.25) is 0 Å². The number of hydrogen-bond acceptors (Lipinski definition) is 5. The molecule has 3 heterocycles. The monoisotopic (exact) mass is 441 g/mol. The molecule has 1 aromatic carbocycles. The summed E-state index contributed by atoms with van der Waals surface area (Å²) in [6.45, 7) is 9.02. The Hall–Kier alpha value is -3.87. The number of benzene rings is 1. The summed E-state index contributed by atoms with van der Waals surface area (Å²) in [6.07, 6.45) is 1.33. The SMILES string of the molecule is Cc1cc(C)n(Cc2cc(Cn3nc(C)cc3C)cc(C(=O)CC(=O)c3ccccn3)c2)n1. The molecule has 7 heteroatoms. The Balaban J connectivity index is 1.65. The molecule has 0 radical (unpaired) electrons. The minimum absolute atomic E-state index is 0.223. The van der Waals surface area contributed by atoms with Crippen LogP contribution in [-0.4, -0.2) is 36.1 Å². The van der Waals surface area contributed by atoms with Gasteiger partial charge in [-0.2, -0.15) is 10.2 Å². The Morgan fingerprint density at radius 3 is 1.79 bits per heavy atom. The molecule has 3 aromatic heterocycles. The van der Waals surface area contributed by atoms with Crippen LogP contribution in [0.1, 0.15) is 61.2 Å². The second kappa shape index (κ2) is 9.32. The minimum Gasteiger partial charge on any atom is -0.294 e. The van der Waals surface area contributed by atoms with Gasteiger partial charge in [-0.15, -0.1) is 0 Å². The first-order valence-electron chi connectivity index (χ1n) is 10.9. The molecule has 0 aliphatic rings. The van der Waals surface area contributed by atoms with Gasteiger partial charge in [-0.05, 0) is 75.2 Å². The molecule has 7 nitrogen and oxygen atoms in total. The van der Waals surface area contributed by atoms with Crippen molar-refractivity contribution < 1.29 is 9.59 Å². The lowest BCUT2D eigenvalue weighted by molar-refractivity contribution is 0.0891. The Bertz CT molecular complexity index is 1250. The summed E-state index contributed by atoms with van der Waals surface area (Å²) >= 11 is 0. The van der Waals surface area contributed by atoms with Crippen molar-refractivity contribution in [1.82, 2.24) is 24.5 Å². The average molecular weight is 442 g/mol. The first-order valence-corrected chi connectivity index (χ1v) is 10.9. The smallest absolute Gasteiger partial charge is 0.188 e. The fraction of sp³-hybridized carbons (Fsp3) is 0.269. The lowest BCUT2D eigenvalue weighted by atomic mass is 9.99. The molecule has 4 rings (SSSR count). The molecule has 0 spiro atoms. The summed E-state index contributed by atoms with van der Waals surface area (Å²) in [4.78, 5) is 29.7. The number of carbonyl (C=O) groups is 2. The van der Waals surface area contributed by atoms with Gasteiger partial charge in [-0.3, -0.25) is 23.9 Å². The highest BCUT2D eigenvalue weighted by atomic mass is 16.1. The second-order valence-electron chi connectivity index (χ2n) is 8.45. The summed E-state index contributed by atoms with van der Waals surface area (Å²) in [7, 11) is 0. The molecule has 0 bridgehead atoms. The van der Waals surface area contributed by atoms with Gasteiger partial charge in [-0.1, -0.05) is 12.1 Å². The van der Waals surface area contributed by atoms with Crippen LogP contribution in [0.3, 0.4) is 0 Å². The van der Waals surface area contributed by atoms with Crippen molar-refractivity contribution in [2.24, 2.45) is 0 Å². The molecule has 168 valence electrons. The van der Waals surface area contributed by atoms with E-state index in [1.165, 1.54) is 0 Å². The first kappa shape index (κ1) is 22.3. The van der Waals surface area contributed by atoms with Gasteiger partial charge < -0.3 is 0 Å². The van der Waals surface area contributed by atoms with Crippen LogP contribution in [0.2, 0.25) is 0 Å². The molecule has 0 saturated carbocycles. The summed E-state index contributed by atoms with van der Waals surface area (Å²) in [5.41, 5.74) is 6.71. The van der Waals surface area contributed by atoms with E-state index in [4.69, 9.17) is 0 Å². The van der Waals surface area contributed by atoms with E-state index in [-0.39, 0.29) is 18.0 Å². The molecule has 0 aliphatic carbocycles. The van der Waals surface area contributed by atoms with Crippen LogP contribution in [0.4, 0.5) is 0 Å². The Kier molecular flexibility index (Phi) is 6.31. The van der Waals surface area contributed by atoms with Crippen molar-refractivity contribution in [2.45, 2.75) is 47.2 Å². The fourth-order valence-corrected chi connectivity index (χ4v) is 3.99. The average Bonchev–Trinajstić information content (AvgIpc) is 3.26. The molecule has 0 saturated heterocycles. The van der Waals surface area contributed by atoms with Crippen LogP contribution in [0, 0.1) is 27.7 Å². The summed E-state index contributed by atoms with van der Waals surface area (Å²) in [5.74, 6) is -0.514. The normalized spacial score (nSPS) is 11.0. The predicted molar refractivity (Wildman–Crippen MR) is 126 cm³/mol. The lowest BCUT2D eigenvalue weighted by Gasteiger charge is -2.12. The summed E-state index contributed by atoms with van der Waals surface area (Å²) in [6, 6.07) is 14.9. The highest BCUT2D eigenvalue weighted by molar-refractivity contribution is 6.12. The number of ketones is 2. The largest absolute Gasteiger partial charge is 0.294 e. The molecule has 0 atom stereocenters. The molecule has 0 fully saturated rings. The van der Waals surface area contributed by atoms with Crippen LogP contribution in [0.15, 0.2) is 54.7 Å². The number of hydrogen-bond donors (Lipinski definition) is 0. The summed E-state index contributed by atoms with van der Waals surface area (Å²) < 4.78 is 3.84. The Morgan fingerprint density at radius 1 is 0.758 bits per heavy atom. The maximum Gasteiger partial charge on any atom is 0.188 e. The number of pyridine rings is 1. The minimum atomic E-state index is -0.287. The van der Waals surface area contributed by atoms with Crippen LogP contribution >= 0.6 is 0 Å². The molecule has 0 amide bonds. The van der Waals surface area contributed by atoms with Crippen molar-refractivity contribution >= 4 is 11.6 Å². The fourth-order valence-electron chi connectivity index (χ4n) is 3.99. The third-order valence-corrected chi connectivity index (χ3v) is 5.52. The maximum atomic E-state index is 13.1. The van der Waals surface area contributed by atoms with E-state index < -0.39 is 0 Å². The van der Waals surface area contributed by atoms with Gasteiger partial charge >= 0.3 is 0 Å². The zero-order chi connectivity index (χ0) is 23.5. The van der Waals surface area contributed by atoms with Gasteiger partial charge in [0.1, 0.15) is 5.69 Å². The number of rotatable bonds is 8. The van der Waals surface area contributed by atoms with Gasteiger partial charge in [0.05, 0.1) is 30.9 Å². The van der Waals surface area contributed by atoms with Gasteiger partial charge in [0.15, 0.2) is 11.6 Å². The number of Topliss-reactive ketones (excluding diaryl/α,β-unsaturated/α-hetero) is 2. The highest BCUT2D eigenvalue weighted by Crippen LogP contribution is 2.18. The number of carbonyl (C=O) groups excluding carboxylic acids is 2. The molecule has 0 unspecified atom stereocenters. The maximum absolute atomic E-state index is 13.1. The third-order valence-electron chi connectivity index (χ3n) is 5.52. The van der Waals surface area contributed by atoms with Gasteiger partial charge in [0, 0.05) is 23.1 Å². The van der Waals surface area contributed by atoms with Crippen LogP contribution < -0.4 is 0 Å². The lowest BCUT2D eigenvalue weighted by Crippen LogP contribution is -2.13. The van der Waals surface area contributed by atoms with E-state index in [0.717, 1.165) is 33.9 Å². The van der Waals surface area contributed by atoms with E-state index in [9.17, 15) is 9.59 Å². The molecule has 4 aromatic rings. The van der Waals surface area contributed by atoms with E-state index >= 15 is 0 Å². The molecule has 0 N–H and O–H groups in total. The first-order chi connectivity index (χ1) is 15.8. The van der Waals surface area contributed by atoms with Crippen molar-refractivity contribution in [1.29, 1.82) is 0 Å². The quantitative estimate of drug-likeness (QED) is 0.301. The molecule has 33 heavy (non-hydrogen) atoms. The number of aryl methyl sites for hydroxylation is 4. The van der Waals surface area contributed by atoms with Crippen molar-refractivity contribution in [2.75, 3.05) is 0 Å². The Morgan fingerprint density at radius 2 is 1.33 bits per heavy atom. The number of aromatic nitrogens is 5. The van der Waals surface area contributed by atoms with Crippen LogP contribution in [0.5, 0.6) is 0 Å². The second-order valence-corrected chi connectivity index (χ2v) is 8.45. The predicted octanol–water partition coefficient (Wildman–Crippen LogP) is 4.26. The van der Waals surface area contributed by atoms with Gasteiger partial charge in [0.25, 0.3) is 0 Å². The zero-order valence-electron chi connectivity index (χ0n) is 19.4. The van der Waals surface area contributed by atoms with E-state index in [0.29, 0.717) is 24.3 Å². The van der Waals surface area contributed by atoms with E-state index in [2.05, 4.69) is 21.2 Å². The van der Waals surface area contributed by atoms with Crippen molar-refractivity contribution in [3.63, 3.8) is 0 Å². The standard InChI is InChI=1S/C26H27N5O2/c1-17-9-19(3)30(28-17)15-21-11-22(16-31-20(4)10-18(2)29-31)13-23(12-21)25(32)14-26(33)24-7-5-6-8-27-24/h5-13H,14-16H2,1-4H3. The number of nitrogens with zero attached hydrogens (tertiary/aromatic N) is 5. The van der Waals surface area contributed by atoms with Crippen molar-refractivity contribution in [3.05, 3.63) is 99.9 Å². The molecule has 0 aliphatic heterocycles. The van der Waals surface area contributed by atoms with E-state index in [1.807, 2.05) is 61.3 Å². The zero-order valence-corrected chi connectivity index (χ0v) is 19.4. The third kappa shape index (κ3) is 5.31. The highest BCUT2D eigenvalue weighted by Gasteiger charge is 2.17. The van der Waals surface area contributed by atoms with Crippen molar-refractivity contribution in [3.8, 4) is 0 Å². The van der Waals surface area contributed by atoms with Crippen LogP contribution in [0.25, 0.3) is 0 Å². The van der Waals surface area contributed by atoms with Crippen LogP contribution in [-0.2, 0) is 13.1 Å².